The van der Waals surface area contributed by atoms with Crippen LogP contribution in [-0.4, -0.2) is 67.1 Å². The van der Waals surface area contributed by atoms with Gasteiger partial charge in [-0.25, -0.2) is 9.80 Å². The third-order valence-electron chi connectivity index (χ3n) is 4.75. The van der Waals surface area contributed by atoms with Gasteiger partial charge in [-0.05, 0) is 23.3 Å². The molecule has 7 nitrogen and oxygen atoms in total. The fourth-order valence-corrected chi connectivity index (χ4v) is 4.31. The Morgan fingerprint density at radius 1 is 1.12 bits per heavy atom. The van der Waals surface area contributed by atoms with Crippen LogP contribution in [0.3, 0.4) is 0 Å². The first-order chi connectivity index (χ1) is 14.9. The summed E-state index contributed by atoms with van der Waals surface area (Å²) in [6, 6.07) is 14.2. The molecule has 1 atom stereocenters. The van der Waals surface area contributed by atoms with Crippen molar-refractivity contribution in [3.05, 3.63) is 70.7 Å². The summed E-state index contributed by atoms with van der Waals surface area (Å²) in [5.74, 6) is -0.476. The number of carbonyl (C=O) groups is 1. The number of amides is 2. The molecule has 2 aromatic carbocycles. The van der Waals surface area contributed by atoms with Crippen LogP contribution in [0.1, 0.15) is 17.0 Å². The van der Waals surface area contributed by atoms with Crippen molar-refractivity contribution in [2.75, 3.05) is 27.2 Å². The van der Waals surface area contributed by atoms with Crippen molar-refractivity contribution in [1.82, 2.24) is 13.6 Å². The Bertz CT molecular complexity index is 1110. The molecule has 2 aromatic rings. The molecule has 1 aliphatic heterocycles. The van der Waals surface area contributed by atoms with Gasteiger partial charge in [-0.3, -0.25) is 0 Å². The summed E-state index contributed by atoms with van der Waals surface area (Å²) < 4.78 is 64.7. The summed E-state index contributed by atoms with van der Waals surface area (Å²) in [6.07, 6.45) is -4.93. The highest BCUT2D eigenvalue weighted by molar-refractivity contribution is 7.87. The number of urea groups is 1. The van der Waals surface area contributed by atoms with Crippen molar-refractivity contribution < 1.29 is 26.4 Å². The van der Waals surface area contributed by atoms with Crippen LogP contribution in [0.15, 0.2) is 59.7 Å². The van der Waals surface area contributed by atoms with Gasteiger partial charge in [0.15, 0.2) is 0 Å². The van der Waals surface area contributed by atoms with Crippen LogP contribution in [0.4, 0.5) is 18.0 Å². The van der Waals surface area contributed by atoms with Gasteiger partial charge in [0.1, 0.15) is 6.54 Å². The first kappa shape index (κ1) is 24.0. The molecule has 0 spiro atoms. The Hall–Kier alpha value is -2.63. The van der Waals surface area contributed by atoms with Gasteiger partial charge in [0, 0.05) is 25.0 Å². The average Bonchev–Trinajstić information content (AvgIpc) is 3.17. The van der Waals surface area contributed by atoms with Crippen molar-refractivity contribution in [3.8, 4) is 0 Å². The summed E-state index contributed by atoms with van der Waals surface area (Å²) in [5.41, 5.74) is 1.79. The fourth-order valence-electron chi connectivity index (χ4n) is 3.19. The van der Waals surface area contributed by atoms with E-state index in [0.717, 1.165) is 24.7 Å². The van der Waals surface area contributed by atoms with Crippen molar-refractivity contribution in [3.63, 3.8) is 0 Å². The predicted octanol–water partition coefficient (Wildman–Crippen LogP) is 3.93. The molecule has 0 fully saturated rings. The van der Waals surface area contributed by atoms with Crippen LogP contribution in [0.25, 0.3) is 0 Å². The molecule has 172 valence electrons. The molecule has 0 aliphatic carbocycles. The number of alkyl halides is 3. The number of nitrogens with zero attached hydrogens (tertiary/aromatic N) is 4. The minimum atomic E-state index is -4.93. The maximum absolute atomic E-state index is 13.1. The van der Waals surface area contributed by atoms with E-state index in [1.807, 2.05) is 0 Å². The average molecular weight is 489 g/mol. The number of hydrazone groups is 1. The topological polar surface area (TPSA) is 73.3 Å². The molecule has 0 saturated carbocycles. The minimum Gasteiger partial charge on any atom is -0.245 e. The van der Waals surface area contributed by atoms with Gasteiger partial charge in [0.05, 0.1) is 12.3 Å². The lowest BCUT2D eigenvalue weighted by molar-refractivity contribution is -0.133. The number of rotatable bonds is 5. The van der Waals surface area contributed by atoms with Gasteiger partial charge in [-0.1, -0.05) is 54.1 Å². The predicted molar refractivity (Wildman–Crippen MR) is 115 cm³/mol. The maximum Gasteiger partial charge on any atom is 0.407 e. The lowest BCUT2D eigenvalue weighted by atomic mass is 9.91. The summed E-state index contributed by atoms with van der Waals surface area (Å²) in [4.78, 5) is 13.0. The quantitative estimate of drug-likeness (QED) is 0.640. The van der Waals surface area contributed by atoms with E-state index in [1.54, 1.807) is 54.6 Å². The smallest absolute Gasteiger partial charge is 0.245 e. The van der Waals surface area contributed by atoms with Gasteiger partial charge in [0.25, 0.3) is 0 Å². The molecular formula is C20H20ClF3N4O3S. The number of benzene rings is 2. The molecule has 1 aliphatic rings. The van der Waals surface area contributed by atoms with E-state index < -0.39 is 34.9 Å². The number of halogens is 4. The molecule has 2 amide bonds. The normalized spacial score (nSPS) is 16.9. The first-order valence-electron chi connectivity index (χ1n) is 9.38. The van der Waals surface area contributed by atoms with E-state index in [-0.39, 0.29) is 10.8 Å². The highest BCUT2D eigenvalue weighted by Crippen LogP contribution is 2.31. The zero-order valence-electron chi connectivity index (χ0n) is 17.1. The molecule has 1 unspecified atom stereocenters. The van der Waals surface area contributed by atoms with Crippen LogP contribution in [0.2, 0.25) is 5.02 Å². The standard InChI is InChI=1S/C20H20ClF3N4O3S/c1-26(2)32(30,31)28(13-20(22,23)24)19(29)27-12-17(14-6-4-3-5-7-14)18(25-27)15-8-10-16(21)11-9-15/h3-11,17H,12-13H2,1-2H3. The van der Waals surface area contributed by atoms with E-state index in [0.29, 0.717) is 20.6 Å². The van der Waals surface area contributed by atoms with Gasteiger partial charge >= 0.3 is 22.4 Å². The lowest BCUT2D eigenvalue weighted by Gasteiger charge is -2.28. The van der Waals surface area contributed by atoms with Crippen LogP contribution in [-0.2, 0) is 10.2 Å². The molecule has 12 heteroatoms. The van der Waals surface area contributed by atoms with Crippen molar-refractivity contribution >= 4 is 33.6 Å². The zero-order valence-corrected chi connectivity index (χ0v) is 18.7. The Balaban J connectivity index is 2.03. The second kappa shape index (κ2) is 9.08. The number of carbonyl (C=O) groups excluding carboxylic acids is 1. The monoisotopic (exact) mass is 488 g/mol. The highest BCUT2D eigenvalue weighted by Gasteiger charge is 2.44. The van der Waals surface area contributed by atoms with Gasteiger partial charge in [-0.15, -0.1) is 0 Å². The molecule has 0 radical (unpaired) electrons. The lowest BCUT2D eigenvalue weighted by Crippen LogP contribution is -2.51. The van der Waals surface area contributed by atoms with Crippen LogP contribution < -0.4 is 0 Å². The SMILES string of the molecule is CN(C)S(=O)(=O)N(CC(F)(F)F)C(=O)N1CC(c2ccccc2)C(c2ccc(Cl)cc2)=N1. The van der Waals surface area contributed by atoms with E-state index in [1.165, 1.54) is 0 Å². The number of hydrogen-bond donors (Lipinski definition) is 0. The molecule has 0 N–H and O–H groups in total. The van der Waals surface area contributed by atoms with E-state index in [9.17, 15) is 26.4 Å². The van der Waals surface area contributed by atoms with Crippen molar-refractivity contribution in [1.29, 1.82) is 0 Å². The van der Waals surface area contributed by atoms with Gasteiger partial charge in [-0.2, -0.15) is 35.3 Å². The molecule has 32 heavy (non-hydrogen) atoms. The van der Waals surface area contributed by atoms with Crippen molar-refractivity contribution in [2.24, 2.45) is 5.10 Å². The molecule has 3 rings (SSSR count). The highest BCUT2D eigenvalue weighted by atomic mass is 35.5. The fraction of sp³-hybridized carbons (Fsp3) is 0.300. The van der Waals surface area contributed by atoms with Crippen LogP contribution in [0, 0.1) is 0 Å². The maximum atomic E-state index is 13.1. The van der Waals surface area contributed by atoms with Crippen molar-refractivity contribution in [2.45, 2.75) is 12.1 Å². The first-order valence-corrected chi connectivity index (χ1v) is 11.2. The summed E-state index contributed by atoms with van der Waals surface area (Å²) in [5, 5.41) is 5.47. The van der Waals surface area contributed by atoms with Crippen LogP contribution >= 0.6 is 11.6 Å². The molecular weight excluding hydrogens is 469 g/mol. The van der Waals surface area contributed by atoms with Gasteiger partial charge < -0.3 is 0 Å². The Labute approximate surface area is 188 Å². The third-order valence-corrected chi connectivity index (χ3v) is 6.77. The minimum absolute atomic E-state index is 0.127. The largest absolute Gasteiger partial charge is 0.407 e. The Morgan fingerprint density at radius 3 is 2.25 bits per heavy atom. The molecule has 0 aromatic heterocycles. The Morgan fingerprint density at radius 2 is 1.72 bits per heavy atom. The number of hydrogen-bond acceptors (Lipinski definition) is 4. The molecule has 1 heterocycles. The van der Waals surface area contributed by atoms with E-state index in [2.05, 4.69) is 5.10 Å². The molecule has 0 saturated heterocycles. The summed E-state index contributed by atoms with van der Waals surface area (Å²) in [6.45, 7) is -2.09. The Kier molecular flexibility index (Phi) is 6.82. The molecule has 0 bridgehead atoms. The summed E-state index contributed by atoms with van der Waals surface area (Å²) in [7, 11) is -2.62. The van der Waals surface area contributed by atoms with E-state index in [4.69, 9.17) is 11.6 Å². The van der Waals surface area contributed by atoms with Gasteiger partial charge in [0.2, 0.25) is 0 Å². The second-order valence-electron chi connectivity index (χ2n) is 7.23. The summed E-state index contributed by atoms with van der Waals surface area (Å²) >= 11 is 5.94. The zero-order chi connectivity index (χ0) is 23.7. The third kappa shape index (κ3) is 5.22. The van der Waals surface area contributed by atoms with Crippen LogP contribution in [0.5, 0.6) is 0 Å². The van der Waals surface area contributed by atoms with E-state index >= 15 is 0 Å². The second-order valence-corrected chi connectivity index (χ2v) is 9.74.